The number of rotatable bonds is 3. The van der Waals surface area contributed by atoms with Gasteiger partial charge in [-0.15, -0.1) is 0 Å². The smallest absolute Gasteiger partial charge is 0.307 e. The molecule has 0 amide bonds. The van der Waals surface area contributed by atoms with E-state index in [1.54, 1.807) is 0 Å². The average molecular weight is 302 g/mol. The average Bonchev–Trinajstić information content (AvgIpc) is 2.31. The zero-order valence-corrected chi connectivity index (χ0v) is 10.7. The molecule has 0 spiro atoms. The molecule has 9 heteroatoms. The third kappa shape index (κ3) is 2.97. The van der Waals surface area contributed by atoms with Crippen molar-refractivity contribution in [3.63, 3.8) is 0 Å². The zero-order chi connectivity index (χ0) is 14.9. The minimum atomic E-state index is -1.22. The van der Waals surface area contributed by atoms with Crippen molar-refractivity contribution in [2.24, 2.45) is 0 Å². The van der Waals surface area contributed by atoms with Crippen LogP contribution >= 0.6 is 11.6 Å². The van der Waals surface area contributed by atoms with Crippen LogP contribution in [0.5, 0.6) is 11.6 Å². The van der Waals surface area contributed by atoms with Crippen molar-refractivity contribution in [2.75, 3.05) is 0 Å². The molecule has 1 aromatic carbocycles. The van der Waals surface area contributed by atoms with E-state index < -0.39 is 28.0 Å². The van der Waals surface area contributed by atoms with Crippen LogP contribution in [0.2, 0.25) is 5.15 Å². The molecule has 0 bridgehead atoms. The molecule has 2 rings (SSSR count). The Kier molecular flexibility index (Phi) is 3.75. The highest BCUT2D eigenvalue weighted by Gasteiger charge is 2.20. The van der Waals surface area contributed by atoms with Crippen LogP contribution in [0.15, 0.2) is 18.2 Å². The van der Waals surface area contributed by atoms with Crippen molar-refractivity contribution in [1.29, 1.82) is 0 Å². The molecule has 0 saturated carbocycles. The monoisotopic (exact) mass is 301 g/mol. The molecule has 0 aliphatic carbocycles. The van der Waals surface area contributed by atoms with E-state index in [4.69, 9.17) is 16.3 Å². The van der Waals surface area contributed by atoms with Crippen molar-refractivity contribution in [1.82, 2.24) is 9.97 Å². The lowest BCUT2D eigenvalue weighted by atomic mass is 10.3. The number of ether oxygens (including phenoxy) is 1. The standard InChI is InChI=1S/C11H6ClF2N3O3/c1-5-15-10(12)4-11(16-5)20-9-3-6(13)8(17(18)19)2-7(9)14/h2-4H,1H3. The summed E-state index contributed by atoms with van der Waals surface area (Å²) in [5, 5.41) is 10.5. The first-order valence-corrected chi connectivity index (χ1v) is 5.57. The summed E-state index contributed by atoms with van der Waals surface area (Å²) in [5.74, 6) is -2.68. The molecule has 20 heavy (non-hydrogen) atoms. The Hall–Kier alpha value is -2.35. The molecule has 0 unspecified atom stereocenters. The highest BCUT2D eigenvalue weighted by atomic mass is 35.5. The third-order valence-electron chi connectivity index (χ3n) is 2.20. The van der Waals surface area contributed by atoms with Gasteiger partial charge in [-0.2, -0.15) is 9.37 Å². The number of nitro benzene ring substituents is 1. The molecular weight excluding hydrogens is 296 g/mol. The molecule has 0 fully saturated rings. The molecule has 1 aromatic heterocycles. The van der Waals surface area contributed by atoms with Crippen molar-refractivity contribution in [3.8, 4) is 11.6 Å². The van der Waals surface area contributed by atoms with Gasteiger partial charge in [-0.05, 0) is 6.92 Å². The maximum Gasteiger partial charge on any atom is 0.307 e. The molecule has 0 saturated heterocycles. The number of nitrogens with zero attached hydrogens (tertiary/aromatic N) is 3. The first-order chi connectivity index (χ1) is 9.36. The van der Waals surface area contributed by atoms with Gasteiger partial charge in [-0.1, -0.05) is 11.6 Å². The van der Waals surface area contributed by atoms with E-state index in [1.165, 1.54) is 13.0 Å². The van der Waals surface area contributed by atoms with E-state index in [1.807, 2.05) is 0 Å². The summed E-state index contributed by atoms with van der Waals surface area (Å²) in [6, 6.07) is 2.20. The molecule has 0 aliphatic rings. The van der Waals surface area contributed by atoms with Crippen molar-refractivity contribution < 1.29 is 18.4 Å². The molecule has 6 nitrogen and oxygen atoms in total. The molecule has 0 N–H and O–H groups in total. The lowest BCUT2D eigenvalue weighted by Gasteiger charge is -2.07. The minimum Gasteiger partial charge on any atom is -0.436 e. The van der Waals surface area contributed by atoms with E-state index in [2.05, 4.69) is 9.97 Å². The Labute approximate surface area is 116 Å². The Morgan fingerprint density at radius 3 is 2.55 bits per heavy atom. The summed E-state index contributed by atoms with van der Waals surface area (Å²) in [7, 11) is 0. The van der Waals surface area contributed by atoms with Crippen molar-refractivity contribution in [3.05, 3.63) is 50.9 Å². The number of benzene rings is 1. The number of nitro groups is 1. The number of aromatic nitrogens is 2. The highest BCUT2D eigenvalue weighted by Crippen LogP contribution is 2.29. The summed E-state index contributed by atoms with van der Waals surface area (Å²) in [6.45, 7) is 1.53. The predicted molar refractivity (Wildman–Crippen MR) is 64.9 cm³/mol. The van der Waals surface area contributed by atoms with Crippen molar-refractivity contribution in [2.45, 2.75) is 6.92 Å². The van der Waals surface area contributed by atoms with Gasteiger partial charge in [0.15, 0.2) is 11.6 Å². The Morgan fingerprint density at radius 2 is 1.95 bits per heavy atom. The predicted octanol–water partition coefficient (Wildman–Crippen LogP) is 3.42. The van der Waals surface area contributed by atoms with Gasteiger partial charge in [0.1, 0.15) is 11.0 Å². The lowest BCUT2D eigenvalue weighted by Crippen LogP contribution is -1.98. The van der Waals surface area contributed by atoms with Crippen LogP contribution in [0, 0.1) is 28.7 Å². The van der Waals surface area contributed by atoms with Crippen LogP contribution in [0.1, 0.15) is 5.82 Å². The van der Waals surface area contributed by atoms with E-state index in [-0.39, 0.29) is 16.9 Å². The number of aryl methyl sites for hydroxylation is 1. The van der Waals surface area contributed by atoms with E-state index in [0.29, 0.717) is 12.1 Å². The van der Waals surface area contributed by atoms with E-state index >= 15 is 0 Å². The summed E-state index contributed by atoms with van der Waals surface area (Å²) >= 11 is 5.67. The fourth-order valence-electron chi connectivity index (χ4n) is 1.41. The van der Waals surface area contributed by atoms with Crippen LogP contribution in [0.25, 0.3) is 0 Å². The van der Waals surface area contributed by atoms with Gasteiger partial charge in [-0.3, -0.25) is 10.1 Å². The summed E-state index contributed by atoms with van der Waals surface area (Å²) in [5.41, 5.74) is -0.980. The van der Waals surface area contributed by atoms with E-state index in [0.717, 1.165) is 0 Å². The molecule has 104 valence electrons. The second kappa shape index (κ2) is 5.33. The lowest BCUT2D eigenvalue weighted by molar-refractivity contribution is -0.387. The fraction of sp³-hybridized carbons (Fsp3) is 0.0909. The normalized spacial score (nSPS) is 10.4. The summed E-state index contributed by atoms with van der Waals surface area (Å²) < 4.78 is 32.0. The Bertz CT molecular complexity index is 677. The van der Waals surface area contributed by atoms with Crippen LogP contribution in [-0.2, 0) is 0 Å². The quantitative estimate of drug-likeness (QED) is 0.493. The third-order valence-corrected chi connectivity index (χ3v) is 2.39. The molecular formula is C11H6ClF2N3O3. The second-order valence-corrected chi connectivity index (χ2v) is 4.06. The highest BCUT2D eigenvalue weighted by molar-refractivity contribution is 6.29. The van der Waals surface area contributed by atoms with Gasteiger partial charge in [0.05, 0.1) is 11.0 Å². The molecule has 0 aliphatic heterocycles. The molecule has 0 atom stereocenters. The first kappa shape index (κ1) is 14.1. The SMILES string of the molecule is Cc1nc(Cl)cc(Oc2cc(F)c([N+](=O)[O-])cc2F)n1. The largest absolute Gasteiger partial charge is 0.436 e. The van der Waals surface area contributed by atoms with Gasteiger partial charge in [0, 0.05) is 12.1 Å². The summed E-state index contributed by atoms with van der Waals surface area (Å²) in [6.07, 6.45) is 0. The number of hydrogen-bond donors (Lipinski definition) is 0. The maximum atomic E-state index is 13.6. The summed E-state index contributed by atoms with van der Waals surface area (Å²) in [4.78, 5) is 17.0. The maximum absolute atomic E-state index is 13.6. The van der Waals surface area contributed by atoms with Crippen LogP contribution < -0.4 is 4.74 Å². The van der Waals surface area contributed by atoms with Gasteiger partial charge >= 0.3 is 5.69 Å². The van der Waals surface area contributed by atoms with Gasteiger partial charge < -0.3 is 4.74 Å². The van der Waals surface area contributed by atoms with Crippen molar-refractivity contribution >= 4 is 17.3 Å². The van der Waals surface area contributed by atoms with E-state index in [9.17, 15) is 18.9 Å². The number of hydrogen-bond acceptors (Lipinski definition) is 5. The minimum absolute atomic E-state index is 0.0651. The molecule has 2 aromatic rings. The van der Waals surface area contributed by atoms with Gasteiger partial charge in [0.25, 0.3) is 0 Å². The Morgan fingerprint density at radius 1 is 1.25 bits per heavy atom. The first-order valence-electron chi connectivity index (χ1n) is 5.19. The zero-order valence-electron chi connectivity index (χ0n) is 9.93. The molecule has 1 heterocycles. The second-order valence-electron chi connectivity index (χ2n) is 3.67. The molecule has 0 radical (unpaired) electrons. The number of halogens is 3. The van der Waals surface area contributed by atoms with Crippen LogP contribution in [0.3, 0.4) is 0 Å². The van der Waals surface area contributed by atoms with Gasteiger partial charge in [-0.25, -0.2) is 9.37 Å². The Balaban J connectivity index is 2.39. The fourth-order valence-corrected chi connectivity index (χ4v) is 1.62. The van der Waals surface area contributed by atoms with Crippen LogP contribution in [-0.4, -0.2) is 14.9 Å². The van der Waals surface area contributed by atoms with Gasteiger partial charge in [0.2, 0.25) is 11.7 Å². The topological polar surface area (TPSA) is 78.2 Å². The van der Waals surface area contributed by atoms with Crippen LogP contribution in [0.4, 0.5) is 14.5 Å².